The molecule has 1 aromatic carbocycles. The summed E-state index contributed by atoms with van der Waals surface area (Å²) >= 11 is 0. The van der Waals surface area contributed by atoms with E-state index in [1.54, 1.807) is 24.4 Å². The number of aromatic nitrogens is 1. The van der Waals surface area contributed by atoms with Gasteiger partial charge in [0.15, 0.2) is 0 Å². The largest absolute Gasteiger partial charge is 0.478 e. The van der Waals surface area contributed by atoms with Crippen LogP contribution in [-0.4, -0.2) is 15.6 Å². The van der Waals surface area contributed by atoms with Crippen LogP contribution in [0.4, 0.5) is 4.39 Å². The third kappa shape index (κ3) is 3.02. The molecule has 0 unspecified atom stereocenters. The van der Waals surface area contributed by atoms with E-state index in [-0.39, 0.29) is 5.82 Å². The van der Waals surface area contributed by atoms with Crippen LogP contribution in [0.5, 0.6) is 0 Å². The molecule has 3 nitrogen and oxygen atoms in total. The molecule has 1 N–H and O–H groups in total. The second kappa shape index (κ2) is 5.69. The summed E-state index contributed by atoms with van der Waals surface area (Å²) in [4.78, 5) is 11.1. The molecule has 0 atom stereocenters. The van der Waals surface area contributed by atoms with E-state index >= 15 is 0 Å². The number of hydrogen-bond acceptors (Lipinski definition) is 1. The fourth-order valence-corrected chi connectivity index (χ4v) is 2.15. The summed E-state index contributed by atoms with van der Waals surface area (Å²) in [5.41, 5.74) is 2.12. The minimum atomic E-state index is -0.902. The maximum Gasteiger partial charge on any atom is 0.337 e. The molecule has 0 amide bonds. The van der Waals surface area contributed by atoms with Gasteiger partial charge in [0, 0.05) is 18.4 Å². The van der Waals surface area contributed by atoms with Gasteiger partial charge in [-0.15, -0.1) is 0 Å². The van der Waals surface area contributed by atoms with E-state index in [4.69, 9.17) is 5.11 Å². The number of halogens is 1. The fraction of sp³-hybridized carbons (Fsp3) is 0.267. The number of carboxylic acids is 1. The van der Waals surface area contributed by atoms with Crippen molar-refractivity contribution in [2.24, 2.45) is 0 Å². The highest BCUT2D eigenvalue weighted by molar-refractivity contribution is 5.89. The topological polar surface area (TPSA) is 42.2 Å². The molecule has 100 valence electrons. The summed E-state index contributed by atoms with van der Waals surface area (Å²) in [5.74, 6) is -1.17. The molecule has 2 rings (SSSR count). The molecule has 4 heteroatoms. The molecule has 0 spiro atoms. The highest BCUT2D eigenvalue weighted by Crippen LogP contribution is 2.16. The molecule has 0 saturated heterocycles. The molecular weight excluding hydrogens is 245 g/mol. The van der Waals surface area contributed by atoms with E-state index in [1.165, 1.54) is 12.1 Å². The van der Waals surface area contributed by atoms with Crippen LogP contribution in [0.25, 0.3) is 0 Å². The van der Waals surface area contributed by atoms with Crippen molar-refractivity contribution in [3.63, 3.8) is 0 Å². The average molecular weight is 261 g/mol. The van der Waals surface area contributed by atoms with E-state index < -0.39 is 5.97 Å². The van der Waals surface area contributed by atoms with Crippen molar-refractivity contribution in [1.29, 1.82) is 0 Å². The third-order valence-electron chi connectivity index (χ3n) is 3.06. The number of hydrogen-bond donors (Lipinski definition) is 1. The molecule has 1 heterocycles. The molecule has 0 bridgehead atoms. The first-order valence-electron chi connectivity index (χ1n) is 6.27. The van der Waals surface area contributed by atoms with Crippen LogP contribution in [0.1, 0.15) is 35.0 Å². The first kappa shape index (κ1) is 13.3. The summed E-state index contributed by atoms with van der Waals surface area (Å²) in [5, 5.41) is 9.15. The Kier molecular flexibility index (Phi) is 4.00. The van der Waals surface area contributed by atoms with Gasteiger partial charge in [-0.3, -0.25) is 0 Å². The molecular formula is C15H16FNO2. The van der Waals surface area contributed by atoms with Crippen LogP contribution in [0.2, 0.25) is 0 Å². The van der Waals surface area contributed by atoms with Gasteiger partial charge in [-0.05, 0) is 30.2 Å². The summed E-state index contributed by atoms with van der Waals surface area (Å²) < 4.78 is 14.8. The molecule has 0 aliphatic carbocycles. The number of rotatable bonds is 5. The van der Waals surface area contributed by atoms with Crippen LogP contribution in [0.15, 0.2) is 36.5 Å². The second-order valence-electron chi connectivity index (χ2n) is 4.49. The van der Waals surface area contributed by atoms with Crippen LogP contribution >= 0.6 is 0 Å². The van der Waals surface area contributed by atoms with Crippen molar-refractivity contribution in [1.82, 2.24) is 4.57 Å². The summed E-state index contributed by atoms with van der Waals surface area (Å²) in [6.45, 7) is 2.57. The number of aromatic carboxylic acids is 1. The van der Waals surface area contributed by atoms with Gasteiger partial charge in [-0.2, -0.15) is 0 Å². The lowest BCUT2D eigenvalue weighted by Gasteiger charge is -2.10. The number of nitrogens with zero attached hydrogens (tertiary/aromatic N) is 1. The Hall–Kier alpha value is -2.10. The van der Waals surface area contributed by atoms with E-state index in [0.29, 0.717) is 12.1 Å². The predicted octanol–water partition coefficient (Wildman–Crippen LogP) is 3.33. The Morgan fingerprint density at radius 2 is 1.95 bits per heavy atom. The summed E-state index contributed by atoms with van der Waals surface area (Å²) in [6.07, 6.45) is 3.38. The van der Waals surface area contributed by atoms with Crippen molar-refractivity contribution >= 4 is 5.97 Å². The molecule has 0 aliphatic rings. The van der Waals surface area contributed by atoms with Gasteiger partial charge >= 0.3 is 5.97 Å². The fourth-order valence-electron chi connectivity index (χ4n) is 2.15. The Balaban J connectivity index is 2.29. The lowest BCUT2D eigenvalue weighted by Crippen LogP contribution is -2.07. The molecule has 0 aliphatic heterocycles. The van der Waals surface area contributed by atoms with E-state index in [9.17, 15) is 9.18 Å². The van der Waals surface area contributed by atoms with E-state index in [2.05, 4.69) is 0 Å². The monoisotopic (exact) mass is 261 g/mol. The van der Waals surface area contributed by atoms with Crippen LogP contribution < -0.4 is 0 Å². The highest BCUT2D eigenvalue weighted by Gasteiger charge is 2.14. The Morgan fingerprint density at radius 1 is 1.26 bits per heavy atom. The number of carbonyl (C=O) groups is 1. The molecule has 2 aromatic rings. The van der Waals surface area contributed by atoms with Crippen molar-refractivity contribution in [2.45, 2.75) is 26.3 Å². The average Bonchev–Trinajstić information content (AvgIpc) is 2.76. The predicted molar refractivity (Wildman–Crippen MR) is 70.9 cm³/mol. The van der Waals surface area contributed by atoms with Crippen LogP contribution in [0, 0.1) is 5.82 Å². The molecule has 0 radical (unpaired) electrons. The Bertz CT molecular complexity index is 572. The van der Waals surface area contributed by atoms with Gasteiger partial charge in [-0.1, -0.05) is 25.5 Å². The van der Waals surface area contributed by atoms with Gasteiger partial charge in [0.1, 0.15) is 5.82 Å². The van der Waals surface area contributed by atoms with Gasteiger partial charge in [0.05, 0.1) is 5.56 Å². The SMILES string of the molecule is CCCc1c(C(=O)O)ccn1Cc1ccc(F)cc1. The maximum atomic E-state index is 12.9. The molecule has 1 aromatic heterocycles. The normalized spacial score (nSPS) is 10.6. The van der Waals surface area contributed by atoms with Crippen LogP contribution in [-0.2, 0) is 13.0 Å². The quantitative estimate of drug-likeness (QED) is 0.897. The number of carboxylic acid groups (broad SMARTS) is 1. The summed E-state index contributed by atoms with van der Waals surface area (Å²) in [6, 6.07) is 7.88. The van der Waals surface area contributed by atoms with Crippen LogP contribution in [0.3, 0.4) is 0 Å². The molecule has 0 saturated carbocycles. The zero-order chi connectivity index (χ0) is 13.8. The smallest absolute Gasteiger partial charge is 0.337 e. The Labute approximate surface area is 111 Å². The van der Waals surface area contributed by atoms with E-state index in [0.717, 1.165) is 24.1 Å². The first-order valence-corrected chi connectivity index (χ1v) is 6.27. The minimum Gasteiger partial charge on any atom is -0.478 e. The maximum absolute atomic E-state index is 12.9. The Morgan fingerprint density at radius 3 is 2.53 bits per heavy atom. The molecule has 19 heavy (non-hydrogen) atoms. The standard InChI is InChI=1S/C15H16FNO2/c1-2-3-14-13(15(18)19)8-9-17(14)10-11-4-6-12(16)7-5-11/h4-9H,2-3,10H2,1H3,(H,18,19). The third-order valence-corrected chi connectivity index (χ3v) is 3.06. The second-order valence-corrected chi connectivity index (χ2v) is 4.49. The highest BCUT2D eigenvalue weighted by atomic mass is 19.1. The van der Waals surface area contributed by atoms with Crippen molar-refractivity contribution in [3.05, 3.63) is 59.2 Å². The van der Waals surface area contributed by atoms with Gasteiger partial charge in [-0.25, -0.2) is 9.18 Å². The summed E-state index contributed by atoms with van der Waals surface area (Å²) in [7, 11) is 0. The van der Waals surface area contributed by atoms with Crippen molar-refractivity contribution < 1.29 is 14.3 Å². The van der Waals surface area contributed by atoms with Gasteiger partial charge in [0.2, 0.25) is 0 Å². The minimum absolute atomic E-state index is 0.267. The van der Waals surface area contributed by atoms with E-state index in [1.807, 2.05) is 11.5 Å². The lowest BCUT2D eigenvalue weighted by molar-refractivity contribution is 0.0695. The van der Waals surface area contributed by atoms with Gasteiger partial charge < -0.3 is 9.67 Å². The van der Waals surface area contributed by atoms with Gasteiger partial charge in [0.25, 0.3) is 0 Å². The zero-order valence-electron chi connectivity index (χ0n) is 10.8. The number of benzene rings is 1. The molecule has 0 fully saturated rings. The van der Waals surface area contributed by atoms with Crippen molar-refractivity contribution in [2.75, 3.05) is 0 Å². The zero-order valence-corrected chi connectivity index (χ0v) is 10.8. The van der Waals surface area contributed by atoms with Crippen molar-refractivity contribution in [3.8, 4) is 0 Å². The first-order chi connectivity index (χ1) is 9.11. The lowest BCUT2D eigenvalue weighted by atomic mass is 10.1.